The summed E-state index contributed by atoms with van der Waals surface area (Å²) in [7, 11) is -2.97. The SMILES string of the molecule is CCS(=O)(=O)C1CSCCN1CCC(C)(C)CN. The minimum absolute atomic E-state index is 0.0884. The Labute approximate surface area is 116 Å². The van der Waals surface area contributed by atoms with Crippen molar-refractivity contribution < 1.29 is 8.42 Å². The third-order valence-electron chi connectivity index (χ3n) is 3.64. The van der Waals surface area contributed by atoms with E-state index in [4.69, 9.17) is 5.73 Å². The first kappa shape index (κ1) is 16.3. The Bertz CT molecular complexity index is 355. The van der Waals surface area contributed by atoms with Crippen LogP contribution in [0, 0.1) is 5.41 Å². The Kier molecular flexibility index (Phi) is 5.96. The minimum atomic E-state index is -2.97. The van der Waals surface area contributed by atoms with Gasteiger partial charge in [0.1, 0.15) is 5.37 Å². The van der Waals surface area contributed by atoms with E-state index in [0.717, 1.165) is 25.3 Å². The zero-order chi connectivity index (χ0) is 13.8. The van der Waals surface area contributed by atoms with Crippen molar-refractivity contribution in [2.75, 3.05) is 36.9 Å². The molecule has 0 aliphatic carbocycles. The molecule has 1 unspecified atom stereocenters. The number of rotatable bonds is 6. The van der Waals surface area contributed by atoms with Crippen LogP contribution in [0.3, 0.4) is 0 Å². The normalized spacial score (nSPS) is 23.2. The van der Waals surface area contributed by atoms with Crippen molar-refractivity contribution in [2.24, 2.45) is 11.1 Å². The molecule has 6 heteroatoms. The number of sulfone groups is 1. The van der Waals surface area contributed by atoms with Gasteiger partial charge in [0.05, 0.1) is 0 Å². The molecule has 108 valence electrons. The van der Waals surface area contributed by atoms with Crippen LogP contribution < -0.4 is 5.73 Å². The fourth-order valence-corrected chi connectivity index (χ4v) is 5.05. The lowest BCUT2D eigenvalue weighted by molar-refractivity contribution is 0.218. The van der Waals surface area contributed by atoms with Crippen molar-refractivity contribution in [2.45, 2.75) is 32.6 Å². The lowest BCUT2D eigenvalue weighted by Crippen LogP contribution is -2.49. The van der Waals surface area contributed by atoms with Crippen LogP contribution in [-0.2, 0) is 9.84 Å². The average Bonchev–Trinajstić information content (AvgIpc) is 2.37. The van der Waals surface area contributed by atoms with Gasteiger partial charge in [-0.2, -0.15) is 11.8 Å². The van der Waals surface area contributed by atoms with Crippen molar-refractivity contribution in [1.82, 2.24) is 4.90 Å². The van der Waals surface area contributed by atoms with Gasteiger partial charge in [0.2, 0.25) is 0 Å². The second kappa shape index (κ2) is 6.59. The van der Waals surface area contributed by atoms with E-state index in [1.165, 1.54) is 0 Å². The molecule has 1 rings (SSSR count). The molecule has 0 bridgehead atoms. The predicted octanol–water partition coefficient (Wildman–Crippen LogP) is 1.17. The van der Waals surface area contributed by atoms with Gasteiger partial charge < -0.3 is 5.73 Å². The molecule has 0 spiro atoms. The van der Waals surface area contributed by atoms with Crippen LogP contribution in [0.15, 0.2) is 0 Å². The summed E-state index contributed by atoms with van der Waals surface area (Å²) >= 11 is 1.74. The van der Waals surface area contributed by atoms with Crippen LogP contribution in [0.5, 0.6) is 0 Å². The zero-order valence-corrected chi connectivity index (χ0v) is 13.3. The maximum Gasteiger partial charge on any atom is 0.166 e. The van der Waals surface area contributed by atoms with Gasteiger partial charge in [-0.3, -0.25) is 4.90 Å². The molecule has 0 amide bonds. The smallest absolute Gasteiger partial charge is 0.166 e. The first-order valence-electron chi connectivity index (χ1n) is 6.56. The highest BCUT2D eigenvalue weighted by Gasteiger charge is 2.33. The lowest BCUT2D eigenvalue weighted by Gasteiger charge is -2.36. The summed E-state index contributed by atoms with van der Waals surface area (Å²) in [5, 5.41) is -0.296. The molecule has 4 nitrogen and oxygen atoms in total. The van der Waals surface area contributed by atoms with Gasteiger partial charge in [-0.1, -0.05) is 20.8 Å². The molecule has 2 N–H and O–H groups in total. The molecule has 0 saturated carbocycles. The van der Waals surface area contributed by atoms with Crippen molar-refractivity contribution in [3.05, 3.63) is 0 Å². The third-order valence-corrected chi connectivity index (χ3v) is 6.97. The number of nitrogens with zero attached hydrogens (tertiary/aromatic N) is 1. The summed E-state index contributed by atoms with van der Waals surface area (Å²) in [5.74, 6) is 1.97. The molecule has 1 saturated heterocycles. The van der Waals surface area contributed by atoms with Gasteiger partial charge in [0.25, 0.3) is 0 Å². The van der Waals surface area contributed by atoms with Gasteiger partial charge in [-0.05, 0) is 24.9 Å². The van der Waals surface area contributed by atoms with Crippen LogP contribution in [0.4, 0.5) is 0 Å². The Morgan fingerprint density at radius 1 is 1.44 bits per heavy atom. The molecule has 1 atom stereocenters. The highest BCUT2D eigenvalue weighted by Crippen LogP contribution is 2.25. The third kappa shape index (κ3) is 4.40. The number of nitrogens with two attached hydrogens (primary N) is 1. The quantitative estimate of drug-likeness (QED) is 0.797. The van der Waals surface area contributed by atoms with Gasteiger partial charge in [-0.25, -0.2) is 8.42 Å². The Morgan fingerprint density at radius 2 is 2.11 bits per heavy atom. The van der Waals surface area contributed by atoms with Crippen molar-refractivity contribution in [3.63, 3.8) is 0 Å². The van der Waals surface area contributed by atoms with Crippen LogP contribution >= 0.6 is 11.8 Å². The van der Waals surface area contributed by atoms with Crippen LogP contribution in [0.1, 0.15) is 27.2 Å². The summed E-state index contributed by atoms with van der Waals surface area (Å²) in [6.07, 6.45) is 0.948. The Morgan fingerprint density at radius 3 is 2.67 bits per heavy atom. The highest BCUT2D eigenvalue weighted by molar-refractivity contribution is 8.01. The van der Waals surface area contributed by atoms with E-state index >= 15 is 0 Å². The van der Waals surface area contributed by atoms with E-state index < -0.39 is 9.84 Å². The molecule has 0 aromatic rings. The first-order chi connectivity index (χ1) is 8.32. The minimum Gasteiger partial charge on any atom is -0.330 e. The van der Waals surface area contributed by atoms with E-state index in [2.05, 4.69) is 18.7 Å². The maximum atomic E-state index is 12.1. The van der Waals surface area contributed by atoms with E-state index in [1.54, 1.807) is 18.7 Å². The molecule has 1 fully saturated rings. The Balaban J connectivity index is 2.66. The number of hydrogen-bond donors (Lipinski definition) is 1. The van der Waals surface area contributed by atoms with E-state index in [1.807, 2.05) is 0 Å². The summed E-state index contributed by atoms with van der Waals surface area (Å²) in [5.41, 5.74) is 5.82. The molecular formula is C12H26N2O2S2. The van der Waals surface area contributed by atoms with E-state index in [0.29, 0.717) is 12.3 Å². The summed E-state index contributed by atoms with van der Waals surface area (Å²) in [6, 6.07) is 0. The Hall–Kier alpha value is 0.220. The van der Waals surface area contributed by atoms with Crippen LogP contribution in [0.25, 0.3) is 0 Å². The largest absolute Gasteiger partial charge is 0.330 e. The van der Waals surface area contributed by atoms with Crippen molar-refractivity contribution in [1.29, 1.82) is 0 Å². The van der Waals surface area contributed by atoms with Gasteiger partial charge in [0, 0.05) is 23.8 Å². The van der Waals surface area contributed by atoms with Crippen LogP contribution in [0.2, 0.25) is 0 Å². The predicted molar refractivity (Wildman–Crippen MR) is 79.6 cm³/mol. The highest BCUT2D eigenvalue weighted by atomic mass is 32.2. The maximum absolute atomic E-state index is 12.1. The van der Waals surface area contributed by atoms with Crippen molar-refractivity contribution >= 4 is 21.6 Å². The zero-order valence-electron chi connectivity index (χ0n) is 11.7. The molecule has 0 aromatic heterocycles. The number of thioether (sulfide) groups is 1. The van der Waals surface area contributed by atoms with Gasteiger partial charge >= 0.3 is 0 Å². The first-order valence-corrected chi connectivity index (χ1v) is 9.43. The van der Waals surface area contributed by atoms with Crippen LogP contribution in [-0.4, -0.2) is 55.6 Å². The molecule has 0 aromatic carbocycles. The monoisotopic (exact) mass is 294 g/mol. The second-order valence-corrected chi connectivity index (χ2v) is 9.23. The standard InChI is InChI=1S/C12H26N2O2S2/c1-4-18(15,16)11-9-17-8-7-14(11)6-5-12(2,3)10-13/h11H,4-10,13H2,1-3H3. The average molecular weight is 294 g/mol. The molecule has 1 aliphatic rings. The summed E-state index contributed by atoms with van der Waals surface area (Å²) < 4.78 is 24.2. The van der Waals surface area contributed by atoms with E-state index in [-0.39, 0.29) is 16.5 Å². The second-order valence-electron chi connectivity index (χ2n) is 5.64. The summed E-state index contributed by atoms with van der Waals surface area (Å²) in [6.45, 7) is 8.34. The fourth-order valence-electron chi connectivity index (χ4n) is 1.94. The molecule has 18 heavy (non-hydrogen) atoms. The fraction of sp³-hybridized carbons (Fsp3) is 1.00. The van der Waals surface area contributed by atoms with Gasteiger partial charge in [-0.15, -0.1) is 0 Å². The molecule has 0 radical (unpaired) electrons. The molecule has 1 heterocycles. The van der Waals surface area contributed by atoms with Gasteiger partial charge in [0.15, 0.2) is 9.84 Å². The lowest BCUT2D eigenvalue weighted by atomic mass is 9.89. The summed E-state index contributed by atoms with van der Waals surface area (Å²) in [4.78, 5) is 2.13. The topological polar surface area (TPSA) is 63.4 Å². The van der Waals surface area contributed by atoms with Crippen molar-refractivity contribution in [3.8, 4) is 0 Å². The van der Waals surface area contributed by atoms with E-state index in [9.17, 15) is 8.42 Å². The number of hydrogen-bond acceptors (Lipinski definition) is 5. The molecule has 1 aliphatic heterocycles. The molecular weight excluding hydrogens is 268 g/mol.